The fourth-order valence-electron chi connectivity index (χ4n) is 1.28. The second-order valence-corrected chi connectivity index (χ2v) is 3.99. The maximum absolute atomic E-state index is 5.77. The van der Waals surface area contributed by atoms with E-state index in [0.717, 1.165) is 18.5 Å². The van der Waals surface area contributed by atoms with E-state index in [2.05, 4.69) is 17.2 Å². The minimum Gasteiger partial charge on any atom is -0.370 e. The van der Waals surface area contributed by atoms with Crippen molar-refractivity contribution in [3.8, 4) is 0 Å². The van der Waals surface area contributed by atoms with Gasteiger partial charge in [-0.3, -0.25) is 0 Å². The van der Waals surface area contributed by atoms with E-state index >= 15 is 0 Å². The topological polar surface area (TPSA) is 50.4 Å². The highest BCUT2D eigenvalue weighted by molar-refractivity contribution is 5.92. The van der Waals surface area contributed by atoms with Crippen LogP contribution in [0.5, 0.6) is 0 Å². The molecule has 2 rings (SSSR count). The molecule has 74 valence electrons. The lowest BCUT2D eigenvalue weighted by molar-refractivity contribution is 0.763. The first kappa shape index (κ1) is 9.06. The van der Waals surface area contributed by atoms with Crippen LogP contribution in [0.25, 0.3) is 0 Å². The van der Waals surface area contributed by atoms with Gasteiger partial charge in [0, 0.05) is 5.69 Å². The van der Waals surface area contributed by atoms with Crippen LogP contribution in [-0.4, -0.2) is 11.5 Å². The summed E-state index contributed by atoms with van der Waals surface area (Å²) < 4.78 is 0. The average Bonchev–Trinajstić information content (AvgIpc) is 2.84. The number of nitrogens with two attached hydrogens (primary N) is 1. The zero-order chi connectivity index (χ0) is 10.0. The van der Waals surface area contributed by atoms with Gasteiger partial charge in [0.1, 0.15) is 0 Å². The van der Waals surface area contributed by atoms with E-state index in [1.54, 1.807) is 0 Å². The van der Waals surface area contributed by atoms with E-state index in [-0.39, 0.29) is 5.54 Å². The molecule has 0 unspecified atom stereocenters. The molecular formula is C11H15N3. The van der Waals surface area contributed by atoms with E-state index in [9.17, 15) is 0 Å². The van der Waals surface area contributed by atoms with Gasteiger partial charge in [-0.25, -0.2) is 4.99 Å². The van der Waals surface area contributed by atoms with Crippen LogP contribution in [0, 0.1) is 0 Å². The minimum atomic E-state index is 0.103. The van der Waals surface area contributed by atoms with Crippen molar-refractivity contribution in [2.24, 2.45) is 10.7 Å². The number of hydrogen-bond donors (Lipinski definition) is 2. The molecule has 0 radical (unpaired) electrons. The zero-order valence-electron chi connectivity index (χ0n) is 8.33. The van der Waals surface area contributed by atoms with Crippen LogP contribution in [0.3, 0.4) is 0 Å². The molecule has 0 spiro atoms. The number of rotatable bonds is 2. The molecule has 1 aromatic carbocycles. The second-order valence-electron chi connectivity index (χ2n) is 3.99. The van der Waals surface area contributed by atoms with Gasteiger partial charge in [-0.05, 0) is 31.9 Å². The fourth-order valence-corrected chi connectivity index (χ4v) is 1.28. The molecule has 0 saturated heterocycles. The average molecular weight is 189 g/mol. The van der Waals surface area contributed by atoms with Crippen molar-refractivity contribution >= 4 is 11.6 Å². The van der Waals surface area contributed by atoms with Crippen LogP contribution in [0.1, 0.15) is 19.8 Å². The molecule has 0 bridgehead atoms. The Hall–Kier alpha value is -1.51. The SMILES string of the molecule is CC1(N=C(N)Nc2ccccc2)CC1. The highest BCUT2D eigenvalue weighted by Gasteiger charge is 2.37. The van der Waals surface area contributed by atoms with Gasteiger partial charge in [0.2, 0.25) is 0 Å². The lowest BCUT2D eigenvalue weighted by atomic mass is 10.3. The standard InChI is InChI=1S/C11H15N3/c1-11(7-8-11)14-10(12)13-9-5-3-2-4-6-9/h2-6H,7-8H2,1H3,(H3,12,13,14). The van der Waals surface area contributed by atoms with E-state index in [0.29, 0.717) is 5.96 Å². The predicted octanol–water partition coefficient (Wildman–Crippen LogP) is 1.97. The molecule has 1 fully saturated rings. The number of guanidine groups is 1. The molecule has 0 amide bonds. The van der Waals surface area contributed by atoms with Crippen molar-refractivity contribution in [3.05, 3.63) is 30.3 Å². The molecule has 3 heteroatoms. The largest absolute Gasteiger partial charge is 0.370 e. The summed E-state index contributed by atoms with van der Waals surface area (Å²) in [5.41, 5.74) is 6.86. The third kappa shape index (κ3) is 2.25. The van der Waals surface area contributed by atoms with E-state index in [4.69, 9.17) is 5.73 Å². The summed E-state index contributed by atoms with van der Waals surface area (Å²) in [7, 11) is 0. The van der Waals surface area contributed by atoms with Gasteiger partial charge in [-0.15, -0.1) is 0 Å². The van der Waals surface area contributed by atoms with Crippen LogP contribution in [0.4, 0.5) is 5.69 Å². The maximum Gasteiger partial charge on any atom is 0.193 e. The van der Waals surface area contributed by atoms with Gasteiger partial charge in [0.25, 0.3) is 0 Å². The summed E-state index contributed by atoms with van der Waals surface area (Å²) in [6.45, 7) is 2.12. The quantitative estimate of drug-likeness (QED) is 0.552. The zero-order valence-corrected chi connectivity index (χ0v) is 8.33. The summed E-state index contributed by atoms with van der Waals surface area (Å²) in [5.74, 6) is 0.510. The van der Waals surface area contributed by atoms with Crippen molar-refractivity contribution in [2.75, 3.05) is 5.32 Å². The summed E-state index contributed by atoms with van der Waals surface area (Å²) in [5, 5.41) is 3.07. The highest BCUT2D eigenvalue weighted by Crippen LogP contribution is 2.38. The van der Waals surface area contributed by atoms with Crippen LogP contribution in [0.2, 0.25) is 0 Å². The first-order valence-corrected chi connectivity index (χ1v) is 4.85. The summed E-state index contributed by atoms with van der Waals surface area (Å²) >= 11 is 0. The Morgan fingerprint density at radius 3 is 2.57 bits per heavy atom. The molecule has 0 atom stereocenters. The minimum absolute atomic E-state index is 0.103. The second kappa shape index (κ2) is 3.33. The monoisotopic (exact) mass is 189 g/mol. The van der Waals surface area contributed by atoms with Crippen molar-refractivity contribution in [2.45, 2.75) is 25.3 Å². The van der Waals surface area contributed by atoms with Crippen LogP contribution in [-0.2, 0) is 0 Å². The number of benzene rings is 1. The highest BCUT2D eigenvalue weighted by atomic mass is 15.1. The third-order valence-corrected chi connectivity index (χ3v) is 2.41. The molecule has 14 heavy (non-hydrogen) atoms. The molecule has 3 nitrogen and oxygen atoms in total. The lowest BCUT2D eigenvalue weighted by Crippen LogP contribution is -2.24. The van der Waals surface area contributed by atoms with E-state index < -0.39 is 0 Å². The van der Waals surface area contributed by atoms with Gasteiger partial charge < -0.3 is 11.1 Å². The first-order valence-electron chi connectivity index (χ1n) is 4.85. The van der Waals surface area contributed by atoms with Crippen LogP contribution >= 0.6 is 0 Å². The van der Waals surface area contributed by atoms with Crippen molar-refractivity contribution in [3.63, 3.8) is 0 Å². The maximum atomic E-state index is 5.77. The third-order valence-electron chi connectivity index (χ3n) is 2.41. The fraction of sp³-hybridized carbons (Fsp3) is 0.364. The van der Waals surface area contributed by atoms with Crippen molar-refractivity contribution in [1.29, 1.82) is 0 Å². The Labute approximate surface area is 84.0 Å². The summed E-state index contributed by atoms with van der Waals surface area (Å²) in [6, 6.07) is 9.85. The van der Waals surface area contributed by atoms with Crippen molar-refractivity contribution in [1.82, 2.24) is 0 Å². The number of aliphatic imine (C=N–C) groups is 1. The number of nitrogens with one attached hydrogen (secondary N) is 1. The first-order chi connectivity index (χ1) is 6.68. The number of nitrogens with zero attached hydrogens (tertiary/aromatic N) is 1. The molecule has 0 aliphatic heterocycles. The molecule has 3 N–H and O–H groups in total. The normalized spacial score (nSPS) is 19.1. The molecule has 1 saturated carbocycles. The number of para-hydroxylation sites is 1. The Kier molecular flexibility index (Phi) is 2.15. The lowest BCUT2D eigenvalue weighted by Gasteiger charge is -2.07. The Bertz CT molecular complexity index is 339. The van der Waals surface area contributed by atoms with Gasteiger partial charge in [-0.1, -0.05) is 18.2 Å². The molecular weight excluding hydrogens is 174 g/mol. The van der Waals surface area contributed by atoms with Gasteiger partial charge >= 0.3 is 0 Å². The molecule has 1 aliphatic carbocycles. The predicted molar refractivity (Wildman–Crippen MR) is 59.3 cm³/mol. The molecule has 0 heterocycles. The number of hydrogen-bond acceptors (Lipinski definition) is 1. The summed E-state index contributed by atoms with van der Waals surface area (Å²) in [4.78, 5) is 4.40. The van der Waals surface area contributed by atoms with Gasteiger partial charge in [0.15, 0.2) is 5.96 Å². The van der Waals surface area contributed by atoms with Crippen molar-refractivity contribution < 1.29 is 0 Å². The van der Waals surface area contributed by atoms with E-state index in [1.807, 2.05) is 30.3 Å². The van der Waals surface area contributed by atoms with Crippen LogP contribution in [0.15, 0.2) is 35.3 Å². The molecule has 0 aromatic heterocycles. The summed E-state index contributed by atoms with van der Waals surface area (Å²) in [6.07, 6.45) is 2.29. The Morgan fingerprint density at radius 1 is 1.36 bits per heavy atom. The van der Waals surface area contributed by atoms with E-state index in [1.165, 1.54) is 0 Å². The van der Waals surface area contributed by atoms with Crippen LogP contribution < -0.4 is 11.1 Å². The smallest absolute Gasteiger partial charge is 0.193 e. The Balaban J connectivity index is 2.01. The number of anilines is 1. The van der Waals surface area contributed by atoms with Gasteiger partial charge in [0.05, 0.1) is 5.54 Å². The van der Waals surface area contributed by atoms with Gasteiger partial charge in [-0.2, -0.15) is 0 Å². The molecule has 1 aliphatic rings. The molecule has 1 aromatic rings. The Morgan fingerprint density at radius 2 is 2.00 bits per heavy atom.